The first kappa shape index (κ1) is 11.9. The number of fused-ring (bicyclic) bond motifs is 5. The molecule has 4 rings (SSSR count). The van der Waals surface area contributed by atoms with Gasteiger partial charge in [0.2, 0.25) is 0 Å². The summed E-state index contributed by atoms with van der Waals surface area (Å²) in [6, 6.07) is 14.2. The van der Waals surface area contributed by atoms with Gasteiger partial charge in [-0.3, -0.25) is 4.40 Å². The number of aryl methyl sites for hydroxylation is 2. The predicted octanol–water partition coefficient (Wildman–Crippen LogP) is 3.52. The molecule has 21 heavy (non-hydrogen) atoms. The fraction of sp³-hybridized carbons (Fsp3) is 0.118. The van der Waals surface area contributed by atoms with E-state index in [0.29, 0.717) is 5.69 Å². The Balaban J connectivity index is 2.36. The minimum absolute atomic E-state index is 0.615. The number of benzene rings is 2. The first-order valence-electron chi connectivity index (χ1n) is 6.77. The van der Waals surface area contributed by atoms with Gasteiger partial charge in [-0.05, 0) is 37.1 Å². The highest BCUT2D eigenvalue weighted by molar-refractivity contribution is 6.01. The van der Waals surface area contributed by atoms with Crippen molar-refractivity contribution in [2.75, 3.05) is 0 Å². The molecule has 0 aliphatic rings. The zero-order chi connectivity index (χ0) is 14.6. The lowest BCUT2D eigenvalue weighted by Gasteiger charge is -2.06. The summed E-state index contributed by atoms with van der Waals surface area (Å²) in [7, 11) is 0. The lowest BCUT2D eigenvalue weighted by Crippen LogP contribution is -1.98. The highest BCUT2D eigenvalue weighted by Crippen LogP contribution is 2.28. The van der Waals surface area contributed by atoms with Crippen molar-refractivity contribution in [2.45, 2.75) is 13.8 Å². The van der Waals surface area contributed by atoms with Crippen LogP contribution >= 0.6 is 0 Å². The molecule has 0 radical (unpaired) electrons. The standard InChI is InChI=1S/C17H12N4/c1-10-7-14-15(8-11(10)2)21-16(9-18)12-5-3-4-6-13(12)17(21)20-19-14/h3-8H,1-2H3. The maximum Gasteiger partial charge on any atom is 0.168 e. The van der Waals surface area contributed by atoms with Gasteiger partial charge >= 0.3 is 0 Å². The van der Waals surface area contributed by atoms with E-state index >= 15 is 0 Å². The van der Waals surface area contributed by atoms with Gasteiger partial charge in [-0.25, -0.2) is 0 Å². The molecule has 2 heterocycles. The van der Waals surface area contributed by atoms with Crippen molar-refractivity contribution in [3.05, 3.63) is 53.2 Å². The van der Waals surface area contributed by atoms with Crippen molar-refractivity contribution in [3.63, 3.8) is 0 Å². The number of nitrogens with zero attached hydrogens (tertiary/aromatic N) is 4. The molecular weight excluding hydrogens is 260 g/mol. The van der Waals surface area contributed by atoms with Gasteiger partial charge in [0, 0.05) is 10.8 Å². The monoisotopic (exact) mass is 272 g/mol. The van der Waals surface area contributed by atoms with Crippen LogP contribution in [0.4, 0.5) is 0 Å². The van der Waals surface area contributed by atoms with E-state index in [1.807, 2.05) is 34.7 Å². The summed E-state index contributed by atoms with van der Waals surface area (Å²) >= 11 is 0. The molecule has 4 heteroatoms. The smallest absolute Gasteiger partial charge is 0.168 e. The highest BCUT2D eigenvalue weighted by atomic mass is 15.2. The van der Waals surface area contributed by atoms with Gasteiger partial charge in [-0.2, -0.15) is 5.26 Å². The summed E-state index contributed by atoms with van der Waals surface area (Å²) in [4.78, 5) is 0. The number of hydrogen-bond acceptors (Lipinski definition) is 3. The number of aromatic nitrogens is 3. The van der Waals surface area contributed by atoms with Crippen LogP contribution in [0.25, 0.3) is 27.5 Å². The van der Waals surface area contributed by atoms with E-state index in [9.17, 15) is 5.26 Å². The quantitative estimate of drug-likeness (QED) is 0.492. The van der Waals surface area contributed by atoms with Crippen LogP contribution in [-0.4, -0.2) is 14.6 Å². The fourth-order valence-corrected chi connectivity index (χ4v) is 2.82. The second-order valence-corrected chi connectivity index (χ2v) is 5.29. The zero-order valence-electron chi connectivity index (χ0n) is 11.8. The average Bonchev–Trinajstić information content (AvgIpc) is 2.83. The van der Waals surface area contributed by atoms with Gasteiger partial charge in [0.25, 0.3) is 0 Å². The first-order valence-corrected chi connectivity index (χ1v) is 6.77. The number of rotatable bonds is 0. The molecule has 2 aromatic heterocycles. The van der Waals surface area contributed by atoms with Crippen LogP contribution < -0.4 is 0 Å². The molecule has 0 saturated heterocycles. The van der Waals surface area contributed by atoms with Crippen molar-refractivity contribution in [2.24, 2.45) is 0 Å². The molecule has 0 spiro atoms. The lowest BCUT2D eigenvalue weighted by molar-refractivity contribution is 1.04. The van der Waals surface area contributed by atoms with Gasteiger partial charge in [-0.15, -0.1) is 10.2 Å². The Morgan fingerprint density at radius 1 is 1.00 bits per heavy atom. The minimum atomic E-state index is 0.615. The van der Waals surface area contributed by atoms with Crippen LogP contribution in [0, 0.1) is 25.2 Å². The molecule has 0 saturated carbocycles. The van der Waals surface area contributed by atoms with Crippen molar-refractivity contribution < 1.29 is 0 Å². The average molecular weight is 272 g/mol. The predicted molar refractivity (Wildman–Crippen MR) is 82.2 cm³/mol. The van der Waals surface area contributed by atoms with Gasteiger partial charge < -0.3 is 0 Å². The maximum absolute atomic E-state index is 9.59. The largest absolute Gasteiger partial charge is 0.281 e. The van der Waals surface area contributed by atoms with Crippen LogP contribution in [0.1, 0.15) is 16.8 Å². The lowest BCUT2D eigenvalue weighted by atomic mass is 10.1. The highest BCUT2D eigenvalue weighted by Gasteiger charge is 2.15. The Labute approximate surface area is 121 Å². The summed E-state index contributed by atoms with van der Waals surface area (Å²) in [6.07, 6.45) is 0. The Bertz CT molecular complexity index is 1070. The van der Waals surface area contributed by atoms with Gasteiger partial charge in [-0.1, -0.05) is 24.3 Å². The molecule has 0 unspecified atom stereocenters. The summed E-state index contributed by atoms with van der Waals surface area (Å²) in [6.45, 7) is 4.12. The van der Waals surface area contributed by atoms with E-state index in [-0.39, 0.29) is 0 Å². The molecule has 4 nitrogen and oxygen atoms in total. The van der Waals surface area contributed by atoms with E-state index < -0.39 is 0 Å². The molecule has 0 bridgehead atoms. The SMILES string of the molecule is Cc1cc2nnc3c4ccccc4c(C#N)n3c2cc1C. The molecule has 0 aliphatic carbocycles. The number of hydrogen-bond donors (Lipinski definition) is 0. The maximum atomic E-state index is 9.59. The molecule has 100 valence electrons. The van der Waals surface area contributed by atoms with Crippen LogP contribution in [0.15, 0.2) is 36.4 Å². The van der Waals surface area contributed by atoms with E-state index in [1.54, 1.807) is 0 Å². The van der Waals surface area contributed by atoms with Gasteiger partial charge in [0.15, 0.2) is 5.65 Å². The molecular formula is C17H12N4. The van der Waals surface area contributed by atoms with Crippen LogP contribution in [0.2, 0.25) is 0 Å². The number of nitriles is 1. The van der Waals surface area contributed by atoms with Gasteiger partial charge in [0.05, 0.1) is 5.52 Å². The molecule has 0 atom stereocenters. The molecule has 0 N–H and O–H groups in total. The second-order valence-electron chi connectivity index (χ2n) is 5.29. The van der Waals surface area contributed by atoms with E-state index in [2.05, 4.69) is 36.2 Å². The first-order chi connectivity index (χ1) is 10.2. The van der Waals surface area contributed by atoms with Gasteiger partial charge in [0.1, 0.15) is 17.3 Å². The summed E-state index contributed by atoms with van der Waals surface area (Å²) < 4.78 is 1.92. The van der Waals surface area contributed by atoms with Crippen molar-refractivity contribution in [1.82, 2.24) is 14.6 Å². The topological polar surface area (TPSA) is 54.0 Å². The fourth-order valence-electron chi connectivity index (χ4n) is 2.82. The summed E-state index contributed by atoms with van der Waals surface area (Å²) in [5.74, 6) is 0. The summed E-state index contributed by atoms with van der Waals surface area (Å²) in [5.41, 5.74) is 5.43. The van der Waals surface area contributed by atoms with Crippen molar-refractivity contribution in [3.8, 4) is 6.07 Å². The third kappa shape index (κ3) is 1.49. The minimum Gasteiger partial charge on any atom is -0.281 e. The van der Waals surface area contributed by atoms with E-state index in [1.165, 1.54) is 11.1 Å². The molecule has 2 aromatic carbocycles. The van der Waals surface area contributed by atoms with E-state index in [4.69, 9.17) is 0 Å². The molecule has 0 fully saturated rings. The Hall–Kier alpha value is -2.93. The van der Waals surface area contributed by atoms with Crippen molar-refractivity contribution >= 4 is 27.5 Å². The van der Waals surface area contributed by atoms with Crippen LogP contribution in [0.5, 0.6) is 0 Å². The molecule has 0 aliphatic heterocycles. The third-order valence-electron chi connectivity index (χ3n) is 4.05. The third-order valence-corrected chi connectivity index (χ3v) is 4.05. The van der Waals surface area contributed by atoms with Crippen LogP contribution in [-0.2, 0) is 0 Å². The van der Waals surface area contributed by atoms with Crippen molar-refractivity contribution in [1.29, 1.82) is 5.26 Å². The Kier molecular flexibility index (Phi) is 2.28. The Morgan fingerprint density at radius 2 is 1.71 bits per heavy atom. The normalized spacial score (nSPS) is 11.3. The van der Waals surface area contributed by atoms with Crippen LogP contribution in [0.3, 0.4) is 0 Å². The zero-order valence-corrected chi connectivity index (χ0v) is 11.8. The molecule has 4 aromatic rings. The van der Waals surface area contributed by atoms with E-state index in [0.717, 1.165) is 27.5 Å². The summed E-state index contributed by atoms with van der Waals surface area (Å²) in [5, 5.41) is 20.1. The second kappa shape index (κ2) is 4.03. The molecule has 0 amide bonds. The Morgan fingerprint density at radius 3 is 2.48 bits per heavy atom.